The molecule has 0 saturated heterocycles. The molecule has 1 aromatic heterocycles. The zero-order valence-electron chi connectivity index (χ0n) is 9.93. The Morgan fingerprint density at radius 2 is 2.25 bits per heavy atom. The van der Waals surface area contributed by atoms with E-state index in [1.807, 2.05) is 13.8 Å². The number of aryl methyl sites for hydroxylation is 1. The molecule has 2 N–H and O–H groups in total. The van der Waals surface area contributed by atoms with Crippen molar-refractivity contribution in [1.82, 2.24) is 15.5 Å². The van der Waals surface area contributed by atoms with Gasteiger partial charge in [0.05, 0.1) is 25.4 Å². The lowest BCUT2D eigenvalue weighted by atomic mass is 10.3. The first-order chi connectivity index (χ1) is 7.58. The van der Waals surface area contributed by atoms with Gasteiger partial charge < -0.3 is 19.7 Å². The standard InChI is InChI=1S/C10H19N3O3/c1-7(2)15-6-9(14)4-11-5-10-12-8(3)13-16-10/h7,9,11,14H,4-6H2,1-3H3. The monoisotopic (exact) mass is 229 g/mol. The summed E-state index contributed by atoms with van der Waals surface area (Å²) >= 11 is 0. The van der Waals surface area contributed by atoms with E-state index in [1.54, 1.807) is 6.92 Å². The van der Waals surface area contributed by atoms with Crippen LogP contribution in [0.3, 0.4) is 0 Å². The Balaban J connectivity index is 2.10. The maximum atomic E-state index is 9.53. The highest BCUT2D eigenvalue weighted by molar-refractivity contribution is 4.82. The molecule has 0 spiro atoms. The molecular weight excluding hydrogens is 210 g/mol. The molecule has 0 radical (unpaired) electrons. The Labute approximate surface area is 95.0 Å². The van der Waals surface area contributed by atoms with Crippen LogP contribution in [0, 0.1) is 6.92 Å². The summed E-state index contributed by atoms with van der Waals surface area (Å²) in [6.07, 6.45) is -0.389. The largest absolute Gasteiger partial charge is 0.389 e. The number of rotatable bonds is 7. The van der Waals surface area contributed by atoms with E-state index in [-0.39, 0.29) is 6.10 Å². The molecule has 1 rings (SSSR count). The van der Waals surface area contributed by atoms with E-state index in [4.69, 9.17) is 9.26 Å². The molecule has 0 aliphatic rings. The van der Waals surface area contributed by atoms with Crippen molar-refractivity contribution >= 4 is 0 Å². The van der Waals surface area contributed by atoms with Crippen molar-refractivity contribution in [3.05, 3.63) is 11.7 Å². The predicted octanol–water partition coefficient (Wildman–Crippen LogP) is 0.254. The van der Waals surface area contributed by atoms with Crippen molar-refractivity contribution in [2.45, 2.75) is 39.5 Å². The lowest BCUT2D eigenvalue weighted by Crippen LogP contribution is -2.31. The molecule has 1 unspecified atom stereocenters. The van der Waals surface area contributed by atoms with E-state index in [0.717, 1.165) is 0 Å². The second-order valence-corrected chi connectivity index (χ2v) is 3.90. The molecule has 0 aliphatic heterocycles. The van der Waals surface area contributed by atoms with Gasteiger partial charge in [0, 0.05) is 6.54 Å². The van der Waals surface area contributed by atoms with Gasteiger partial charge in [0.1, 0.15) is 0 Å². The average Bonchev–Trinajstić information content (AvgIpc) is 2.61. The Kier molecular flexibility index (Phi) is 5.37. The smallest absolute Gasteiger partial charge is 0.240 e. The maximum absolute atomic E-state index is 9.53. The third-order valence-corrected chi connectivity index (χ3v) is 1.85. The molecule has 16 heavy (non-hydrogen) atoms. The van der Waals surface area contributed by atoms with Crippen LogP contribution in [0.2, 0.25) is 0 Å². The third kappa shape index (κ3) is 5.20. The molecule has 1 heterocycles. The number of nitrogens with one attached hydrogen (secondary N) is 1. The van der Waals surface area contributed by atoms with E-state index in [1.165, 1.54) is 0 Å². The fourth-order valence-corrected chi connectivity index (χ4v) is 1.12. The van der Waals surface area contributed by atoms with Crippen LogP contribution in [-0.2, 0) is 11.3 Å². The first kappa shape index (κ1) is 13.1. The molecule has 0 amide bonds. The first-order valence-corrected chi connectivity index (χ1v) is 5.37. The Hall–Kier alpha value is -0.980. The zero-order chi connectivity index (χ0) is 12.0. The molecule has 6 nitrogen and oxygen atoms in total. The molecule has 0 saturated carbocycles. The molecule has 0 fully saturated rings. The number of hydrogen-bond acceptors (Lipinski definition) is 6. The van der Waals surface area contributed by atoms with E-state index in [9.17, 15) is 5.11 Å². The first-order valence-electron chi connectivity index (χ1n) is 5.37. The van der Waals surface area contributed by atoms with E-state index >= 15 is 0 Å². The molecule has 1 aromatic rings. The van der Waals surface area contributed by atoms with Gasteiger partial charge in [-0.2, -0.15) is 4.98 Å². The molecule has 0 bridgehead atoms. The summed E-state index contributed by atoms with van der Waals surface area (Å²) in [5.41, 5.74) is 0. The van der Waals surface area contributed by atoms with Crippen LogP contribution in [0.25, 0.3) is 0 Å². The molecule has 0 aliphatic carbocycles. The van der Waals surface area contributed by atoms with Crippen molar-refractivity contribution in [2.24, 2.45) is 0 Å². The topological polar surface area (TPSA) is 80.4 Å². The van der Waals surface area contributed by atoms with E-state index in [0.29, 0.717) is 31.4 Å². The van der Waals surface area contributed by atoms with Gasteiger partial charge >= 0.3 is 0 Å². The van der Waals surface area contributed by atoms with Gasteiger partial charge in [0.2, 0.25) is 5.89 Å². The van der Waals surface area contributed by atoms with E-state index < -0.39 is 6.10 Å². The van der Waals surface area contributed by atoms with E-state index in [2.05, 4.69) is 15.5 Å². The molecular formula is C10H19N3O3. The highest BCUT2D eigenvalue weighted by Gasteiger charge is 2.07. The Bertz CT molecular complexity index is 301. The number of aromatic nitrogens is 2. The number of nitrogens with zero attached hydrogens (tertiary/aromatic N) is 2. The van der Waals surface area contributed by atoms with Gasteiger partial charge in [-0.25, -0.2) is 0 Å². The summed E-state index contributed by atoms with van der Waals surface area (Å²) < 4.78 is 10.2. The van der Waals surface area contributed by atoms with Gasteiger partial charge in [0.25, 0.3) is 0 Å². The molecule has 6 heteroatoms. The second kappa shape index (κ2) is 6.57. The summed E-state index contributed by atoms with van der Waals surface area (Å²) in [6.45, 7) is 6.85. The van der Waals surface area contributed by atoms with Crippen LogP contribution < -0.4 is 5.32 Å². The zero-order valence-corrected chi connectivity index (χ0v) is 9.93. The predicted molar refractivity (Wildman–Crippen MR) is 57.8 cm³/mol. The number of aliphatic hydroxyl groups is 1. The minimum atomic E-state index is -0.522. The van der Waals surface area contributed by atoms with Crippen LogP contribution in [0.1, 0.15) is 25.6 Å². The van der Waals surface area contributed by atoms with Crippen LogP contribution in [0.4, 0.5) is 0 Å². The van der Waals surface area contributed by atoms with Crippen molar-refractivity contribution in [2.75, 3.05) is 13.2 Å². The Morgan fingerprint density at radius 3 is 2.81 bits per heavy atom. The lowest BCUT2D eigenvalue weighted by Gasteiger charge is -2.13. The highest BCUT2D eigenvalue weighted by Crippen LogP contribution is 1.95. The van der Waals surface area contributed by atoms with Gasteiger partial charge in [0.15, 0.2) is 5.82 Å². The van der Waals surface area contributed by atoms with Crippen LogP contribution in [-0.4, -0.2) is 40.6 Å². The van der Waals surface area contributed by atoms with Crippen molar-refractivity contribution < 1.29 is 14.4 Å². The second-order valence-electron chi connectivity index (χ2n) is 3.90. The fraction of sp³-hybridized carbons (Fsp3) is 0.800. The minimum absolute atomic E-state index is 0.133. The summed E-state index contributed by atoms with van der Waals surface area (Å²) in [4.78, 5) is 4.03. The van der Waals surface area contributed by atoms with Crippen LogP contribution >= 0.6 is 0 Å². The molecule has 0 aromatic carbocycles. The Morgan fingerprint density at radius 1 is 1.50 bits per heavy atom. The lowest BCUT2D eigenvalue weighted by molar-refractivity contribution is 0.00610. The quantitative estimate of drug-likeness (QED) is 0.697. The molecule has 92 valence electrons. The summed E-state index contributed by atoms with van der Waals surface area (Å²) in [7, 11) is 0. The van der Waals surface area contributed by atoms with Crippen LogP contribution in [0.5, 0.6) is 0 Å². The summed E-state index contributed by atoms with van der Waals surface area (Å²) in [6, 6.07) is 0. The van der Waals surface area contributed by atoms with Gasteiger partial charge in [-0.1, -0.05) is 5.16 Å². The normalized spacial score (nSPS) is 13.3. The van der Waals surface area contributed by atoms with Gasteiger partial charge in [-0.15, -0.1) is 0 Å². The fourth-order valence-electron chi connectivity index (χ4n) is 1.12. The maximum Gasteiger partial charge on any atom is 0.240 e. The van der Waals surface area contributed by atoms with Crippen molar-refractivity contribution in [3.8, 4) is 0 Å². The summed E-state index contributed by atoms with van der Waals surface area (Å²) in [5.74, 6) is 1.13. The van der Waals surface area contributed by atoms with Gasteiger partial charge in [-0.05, 0) is 20.8 Å². The minimum Gasteiger partial charge on any atom is -0.389 e. The average molecular weight is 229 g/mol. The SMILES string of the molecule is Cc1noc(CNCC(O)COC(C)C)n1. The molecule has 1 atom stereocenters. The van der Waals surface area contributed by atoms with Gasteiger partial charge in [-0.3, -0.25) is 0 Å². The van der Waals surface area contributed by atoms with Crippen molar-refractivity contribution in [1.29, 1.82) is 0 Å². The number of ether oxygens (including phenoxy) is 1. The number of hydrogen-bond donors (Lipinski definition) is 2. The summed E-state index contributed by atoms with van der Waals surface area (Å²) in [5, 5.41) is 16.2. The highest BCUT2D eigenvalue weighted by atomic mass is 16.5. The van der Waals surface area contributed by atoms with Crippen LogP contribution in [0.15, 0.2) is 4.52 Å². The number of aliphatic hydroxyl groups excluding tert-OH is 1. The third-order valence-electron chi connectivity index (χ3n) is 1.85. The van der Waals surface area contributed by atoms with Crippen molar-refractivity contribution in [3.63, 3.8) is 0 Å².